The van der Waals surface area contributed by atoms with Crippen molar-refractivity contribution in [2.45, 2.75) is 6.54 Å². The summed E-state index contributed by atoms with van der Waals surface area (Å²) in [4.78, 5) is 16.2. The first-order valence-corrected chi connectivity index (χ1v) is 6.87. The van der Waals surface area contributed by atoms with Crippen LogP contribution in [0, 0.1) is 5.82 Å². The van der Waals surface area contributed by atoms with Crippen molar-refractivity contribution in [1.29, 1.82) is 0 Å². The summed E-state index contributed by atoms with van der Waals surface area (Å²) in [5.74, 6) is -0.535. The summed E-state index contributed by atoms with van der Waals surface area (Å²) < 4.78 is 24.7. The largest absolute Gasteiger partial charge is 0.439 e. The van der Waals surface area contributed by atoms with E-state index in [4.69, 9.17) is 8.83 Å². The van der Waals surface area contributed by atoms with E-state index in [1.165, 1.54) is 24.3 Å². The summed E-state index contributed by atoms with van der Waals surface area (Å²) in [6.45, 7) is 0.0538. The topological polar surface area (TPSA) is 74.1 Å². The number of aromatic nitrogens is 3. The van der Waals surface area contributed by atoms with Crippen LogP contribution in [0.1, 0.15) is 5.89 Å². The maximum Gasteiger partial charge on any atom is 0.437 e. The lowest BCUT2D eigenvalue weighted by atomic mass is 10.2. The van der Waals surface area contributed by atoms with E-state index < -0.39 is 5.76 Å². The SMILES string of the molecule is O=c1oc(-c2ccc(F)cc2)nn1Cc1nc2ccccc2o1. The van der Waals surface area contributed by atoms with Gasteiger partial charge in [0.15, 0.2) is 5.58 Å². The molecule has 0 radical (unpaired) electrons. The Kier molecular flexibility index (Phi) is 3.04. The highest BCUT2D eigenvalue weighted by Gasteiger charge is 2.13. The third-order valence-electron chi connectivity index (χ3n) is 3.32. The van der Waals surface area contributed by atoms with Crippen LogP contribution in [0.2, 0.25) is 0 Å². The van der Waals surface area contributed by atoms with Crippen molar-refractivity contribution in [2.24, 2.45) is 0 Å². The van der Waals surface area contributed by atoms with Crippen molar-refractivity contribution in [3.63, 3.8) is 0 Å². The number of fused-ring (bicyclic) bond motifs is 1. The number of nitrogens with zero attached hydrogens (tertiary/aromatic N) is 3. The van der Waals surface area contributed by atoms with E-state index in [2.05, 4.69) is 10.1 Å². The second-order valence-electron chi connectivity index (χ2n) is 4.91. The normalized spacial score (nSPS) is 11.2. The minimum atomic E-state index is -0.633. The second-order valence-corrected chi connectivity index (χ2v) is 4.91. The molecule has 0 amide bonds. The maximum absolute atomic E-state index is 12.9. The number of para-hydroxylation sites is 2. The zero-order valence-corrected chi connectivity index (χ0v) is 11.8. The summed E-state index contributed by atoms with van der Waals surface area (Å²) in [6.07, 6.45) is 0. The van der Waals surface area contributed by atoms with Gasteiger partial charge in [-0.2, -0.15) is 4.68 Å². The molecule has 4 rings (SSSR count). The summed E-state index contributed by atoms with van der Waals surface area (Å²) >= 11 is 0. The first-order chi connectivity index (χ1) is 11.2. The van der Waals surface area contributed by atoms with Crippen LogP contribution in [-0.4, -0.2) is 14.8 Å². The lowest BCUT2D eigenvalue weighted by Gasteiger charge is -1.94. The molecule has 0 saturated heterocycles. The minimum Gasteiger partial charge on any atom is -0.439 e. The van der Waals surface area contributed by atoms with E-state index in [-0.39, 0.29) is 18.3 Å². The van der Waals surface area contributed by atoms with Gasteiger partial charge in [-0.1, -0.05) is 12.1 Å². The molecule has 0 aliphatic rings. The number of oxazole rings is 1. The highest BCUT2D eigenvalue weighted by atomic mass is 19.1. The Hall–Kier alpha value is -3.22. The standard InChI is InChI=1S/C16H10FN3O3/c17-11-7-5-10(6-8-11)15-19-20(16(21)23-15)9-14-18-12-3-1-2-4-13(12)22-14/h1-8H,9H2. The van der Waals surface area contributed by atoms with Crippen molar-refractivity contribution in [2.75, 3.05) is 0 Å². The Morgan fingerprint density at radius 1 is 1.04 bits per heavy atom. The Morgan fingerprint density at radius 3 is 2.61 bits per heavy atom. The maximum atomic E-state index is 12.9. The van der Waals surface area contributed by atoms with Gasteiger partial charge >= 0.3 is 5.76 Å². The zero-order valence-electron chi connectivity index (χ0n) is 11.8. The van der Waals surface area contributed by atoms with Gasteiger partial charge in [-0.15, -0.1) is 5.10 Å². The highest BCUT2D eigenvalue weighted by Crippen LogP contribution is 2.17. The van der Waals surface area contributed by atoms with Gasteiger partial charge < -0.3 is 8.83 Å². The van der Waals surface area contributed by atoms with Crippen LogP contribution < -0.4 is 5.76 Å². The minimum absolute atomic E-state index is 0.0538. The molecule has 0 N–H and O–H groups in total. The molecule has 0 aliphatic carbocycles. The van der Waals surface area contributed by atoms with Gasteiger partial charge in [-0.3, -0.25) is 0 Å². The average molecular weight is 311 g/mol. The van der Waals surface area contributed by atoms with Crippen LogP contribution >= 0.6 is 0 Å². The number of hydrogen-bond acceptors (Lipinski definition) is 5. The molecule has 7 heteroatoms. The predicted octanol–water partition coefficient (Wildman–Crippen LogP) is 2.83. The van der Waals surface area contributed by atoms with Crippen LogP contribution in [0.25, 0.3) is 22.6 Å². The smallest absolute Gasteiger partial charge is 0.437 e. The molecule has 0 aliphatic heterocycles. The van der Waals surface area contributed by atoms with Gasteiger partial charge in [0.25, 0.3) is 0 Å². The quantitative estimate of drug-likeness (QED) is 0.581. The molecule has 2 aromatic heterocycles. The zero-order chi connectivity index (χ0) is 15.8. The van der Waals surface area contributed by atoms with E-state index in [9.17, 15) is 9.18 Å². The average Bonchev–Trinajstić information content (AvgIpc) is 3.12. The molecule has 0 unspecified atom stereocenters. The van der Waals surface area contributed by atoms with Crippen molar-refractivity contribution in [3.05, 3.63) is 70.8 Å². The third kappa shape index (κ3) is 2.52. The first kappa shape index (κ1) is 13.4. The number of hydrogen-bond donors (Lipinski definition) is 0. The molecule has 114 valence electrons. The Morgan fingerprint density at radius 2 is 1.83 bits per heavy atom. The van der Waals surface area contributed by atoms with Gasteiger partial charge in [0.1, 0.15) is 17.9 Å². The fraction of sp³-hybridized carbons (Fsp3) is 0.0625. The van der Waals surface area contributed by atoms with Crippen molar-refractivity contribution >= 4 is 11.1 Å². The van der Waals surface area contributed by atoms with Crippen molar-refractivity contribution in [3.8, 4) is 11.5 Å². The van der Waals surface area contributed by atoms with Crippen LogP contribution in [0.5, 0.6) is 0 Å². The van der Waals surface area contributed by atoms with E-state index in [1.807, 2.05) is 18.2 Å². The molecule has 23 heavy (non-hydrogen) atoms. The monoisotopic (exact) mass is 311 g/mol. The number of benzene rings is 2. The van der Waals surface area contributed by atoms with Crippen LogP contribution in [-0.2, 0) is 6.54 Å². The summed E-state index contributed by atoms with van der Waals surface area (Å²) in [6, 6.07) is 12.8. The first-order valence-electron chi connectivity index (χ1n) is 6.87. The molecule has 0 spiro atoms. The van der Waals surface area contributed by atoms with Crippen molar-refractivity contribution in [1.82, 2.24) is 14.8 Å². The van der Waals surface area contributed by atoms with E-state index in [1.54, 1.807) is 6.07 Å². The highest BCUT2D eigenvalue weighted by molar-refractivity contribution is 5.72. The predicted molar refractivity (Wildman–Crippen MR) is 79.3 cm³/mol. The summed E-state index contributed by atoms with van der Waals surface area (Å²) in [5.41, 5.74) is 1.86. The molecule has 2 aromatic carbocycles. The molecule has 2 heterocycles. The number of halogens is 1. The van der Waals surface area contributed by atoms with Crippen LogP contribution in [0.3, 0.4) is 0 Å². The van der Waals surface area contributed by atoms with E-state index in [0.717, 1.165) is 4.68 Å². The van der Waals surface area contributed by atoms with Gasteiger partial charge in [-0.25, -0.2) is 14.2 Å². The summed E-state index contributed by atoms with van der Waals surface area (Å²) in [7, 11) is 0. The van der Waals surface area contributed by atoms with Crippen molar-refractivity contribution < 1.29 is 13.2 Å². The van der Waals surface area contributed by atoms with Gasteiger partial charge in [0, 0.05) is 5.56 Å². The Labute approximate surface area is 128 Å². The van der Waals surface area contributed by atoms with Gasteiger partial charge in [-0.05, 0) is 36.4 Å². The van der Waals surface area contributed by atoms with E-state index in [0.29, 0.717) is 22.6 Å². The van der Waals surface area contributed by atoms with Crippen LogP contribution in [0.4, 0.5) is 4.39 Å². The lowest BCUT2D eigenvalue weighted by Crippen LogP contribution is -2.16. The van der Waals surface area contributed by atoms with Gasteiger partial charge in [0.2, 0.25) is 11.8 Å². The molecular formula is C16H10FN3O3. The van der Waals surface area contributed by atoms with E-state index >= 15 is 0 Å². The molecule has 0 fully saturated rings. The Bertz CT molecular complexity index is 998. The Balaban J connectivity index is 1.67. The molecule has 0 bridgehead atoms. The molecule has 0 atom stereocenters. The number of rotatable bonds is 3. The third-order valence-corrected chi connectivity index (χ3v) is 3.32. The summed E-state index contributed by atoms with van der Waals surface area (Å²) in [5, 5.41) is 4.09. The fourth-order valence-corrected chi connectivity index (χ4v) is 2.23. The fourth-order valence-electron chi connectivity index (χ4n) is 2.23. The molecule has 6 nitrogen and oxygen atoms in total. The molecule has 4 aromatic rings. The lowest BCUT2D eigenvalue weighted by molar-refractivity contribution is 0.453. The molecular weight excluding hydrogens is 301 g/mol. The second kappa shape index (κ2) is 5.20. The van der Waals surface area contributed by atoms with Crippen LogP contribution in [0.15, 0.2) is 62.2 Å². The molecule has 0 saturated carbocycles. The van der Waals surface area contributed by atoms with Gasteiger partial charge in [0.05, 0.1) is 0 Å².